The van der Waals surface area contributed by atoms with E-state index in [2.05, 4.69) is 19.2 Å². The zero-order valence-electron chi connectivity index (χ0n) is 56.7. The molecule has 6 heteroatoms. The molecule has 2 unspecified atom stereocenters. The Morgan fingerprint density at radius 3 is 0.819 bits per heavy atom. The first kappa shape index (κ1) is 81.6. The van der Waals surface area contributed by atoms with Crippen LogP contribution in [0.15, 0.2) is 12.2 Å². The molecule has 0 aliphatic heterocycles. The van der Waals surface area contributed by atoms with Crippen molar-refractivity contribution in [2.45, 2.75) is 456 Å². The van der Waals surface area contributed by atoms with Crippen molar-refractivity contribution in [2.75, 3.05) is 13.2 Å². The first-order valence-electron chi connectivity index (χ1n) is 38.5. The standard InChI is InChI=1S/C77H151NO5/c1-3-5-7-9-11-13-15-17-19-21-23-24-31-34-37-41-45-49-53-57-61-65-69-75(80)74(73-79)78-76(81)70-66-62-58-54-50-46-42-38-35-32-29-27-25-26-28-30-33-36-40-44-48-52-56-60-64-68-72-83-77(82)71-67-63-59-55-51-47-43-39-22-20-18-16-14-12-10-8-6-4-2/h65,69,74-75,79-80H,3-64,66-68,70-73H2,1-2H3,(H,78,81)/b69-65+. The molecule has 0 aromatic rings. The fourth-order valence-corrected chi connectivity index (χ4v) is 12.5. The Hall–Kier alpha value is -1.40. The van der Waals surface area contributed by atoms with Gasteiger partial charge in [-0.05, 0) is 32.1 Å². The van der Waals surface area contributed by atoms with Crippen LogP contribution in [0.3, 0.4) is 0 Å². The fraction of sp³-hybridized carbons (Fsp3) is 0.948. The second-order valence-electron chi connectivity index (χ2n) is 26.7. The highest BCUT2D eigenvalue weighted by atomic mass is 16.5. The maximum absolute atomic E-state index is 12.5. The predicted molar refractivity (Wildman–Crippen MR) is 366 cm³/mol. The molecule has 0 aliphatic carbocycles. The molecule has 3 N–H and O–H groups in total. The van der Waals surface area contributed by atoms with Crippen LogP contribution < -0.4 is 5.32 Å². The predicted octanol–water partition coefficient (Wildman–Crippen LogP) is 25.1. The molecule has 0 aromatic heterocycles. The number of allylic oxidation sites excluding steroid dienone is 1. The summed E-state index contributed by atoms with van der Waals surface area (Å²) >= 11 is 0. The minimum absolute atomic E-state index is 0.0226. The van der Waals surface area contributed by atoms with Gasteiger partial charge in [0.15, 0.2) is 0 Å². The van der Waals surface area contributed by atoms with Crippen LogP contribution in [0.4, 0.5) is 0 Å². The number of hydrogen-bond acceptors (Lipinski definition) is 5. The van der Waals surface area contributed by atoms with Gasteiger partial charge in [0, 0.05) is 12.8 Å². The molecule has 0 saturated carbocycles. The molecule has 2 atom stereocenters. The molecule has 0 rings (SSSR count). The summed E-state index contributed by atoms with van der Waals surface area (Å²) in [7, 11) is 0. The molecule has 0 bridgehead atoms. The van der Waals surface area contributed by atoms with Crippen LogP contribution in [-0.2, 0) is 14.3 Å². The Morgan fingerprint density at radius 1 is 0.325 bits per heavy atom. The third-order valence-corrected chi connectivity index (χ3v) is 18.3. The zero-order valence-corrected chi connectivity index (χ0v) is 56.7. The van der Waals surface area contributed by atoms with Crippen molar-refractivity contribution < 1.29 is 24.5 Å². The molecule has 494 valence electrons. The van der Waals surface area contributed by atoms with E-state index in [9.17, 15) is 19.8 Å². The van der Waals surface area contributed by atoms with Crippen molar-refractivity contribution in [3.63, 3.8) is 0 Å². The second kappa shape index (κ2) is 73.1. The fourth-order valence-electron chi connectivity index (χ4n) is 12.5. The summed E-state index contributed by atoms with van der Waals surface area (Å²) in [6, 6.07) is -0.627. The van der Waals surface area contributed by atoms with Gasteiger partial charge in [0.25, 0.3) is 0 Å². The number of amides is 1. The van der Waals surface area contributed by atoms with E-state index < -0.39 is 12.1 Å². The SMILES string of the molecule is CCCCCCCCCCCCCCCCCCCCCC/C=C/C(O)C(CO)NC(=O)CCCCCCCCCCCCCCCCCCCCCCCCCCCCOC(=O)CCCCCCCCCCCCCCCCCCCC. The summed E-state index contributed by atoms with van der Waals surface area (Å²) in [5.74, 6) is -0.0378. The molecule has 83 heavy (non-hydrogen) atoms. The maximum Gasteiger partial charge on any atom is 0.305 e. The average molecular weight is 1170 g/mol. The quantitative estimate of drug-likeness (QED) is 0.0320. The highest BCUT2D eigenvalue weighted by Gasteiger charge is 2.18. The molecule has 0 saturated heterocycles. The minimum atomic E-state index is -0.844. The normalized spacial score (nSPS) is 12.5. The zero-order chi connectivity index (χ0) is 59.9. The number of carbonyl (C=O) groups is 2. The Labute approximate surface area is 520 Å². The summed E-state index contributed by atoms with van der Waals surface area (Å²) in [6.07, 6.45) is 91.7. The molecular weight excluding hydrogens is 1020 g/mol. The lowest BCUT2D eigenvalue weighted by Gasteiger charge is -2.20. The molecule has 0 aliphatic rings. The molecule has 0 heterocycles. The lowest BCUT2D eigenvalue weighted by Crippen LogP contribution is -2.45. The highest BCUT2D eigenvalue weighted by molar-refractivity contribution is 5.76. The minimum Gasteiger partial charge on any atom is -0.466 e. The van der Waals surface area contributed by atoms with E-state index >= 15 is 0 Å². The average Bonchev–Trinajstić information content (AvgIpc) is 3.49. The molecule has 0 fully saturated rings. The van der Waals surface area contributed by atoms with Gasteiger partial charge in [0.05, 0.1) is 25.4 Å². The Kier molecular flexibility index (Phi) is 71.8. The van der Waals surface area contributed by atoms with Gasteiger partial charge in [-0.1, -0.05) is 411 Å². The summed E-state index contributed by atoms with van der Waals surface area (Å²) in [5.41, 5.74) is 0. The van der Waals surface area contributed by atoms with Crippen molar-refractivity contribution in [2.24, 2.45) is 0 Å². The number of rotatable bonds is 73. The number of aliphatic hydroxyl groups is 2. The van der Waals surface area contributed by atoms with E-state index in [0.717, 1.165) is 38.5 Å². The summed E-state index contributed by atoms with van der Waals surface area (Å²) in [4.78, 5) is 24.7. The van der Waals surface area contributed by atoms with Crippen molar-refractivity contribution in [1.29, 1.82) is 0 Å². The van der Waals surface area contributed by atoms with Crippen LogP contribution in [0.1, 0.15) is 444 Å². The topological polar surface area (TPSA) is 95.9 Å². The van der Waals surface area contributed by atoms with Gasteiger partial charge in [-0.3, -0.25) is 9.59 Å². The van der Waals surface area contributed by atoms with Crippen molar-refractivity contribution in [1.82, 2.24) is 5.32 Å². The number of carbonyl (C=O) groups excluding carboxylic acids is 2. The molecule has 6 nitrogen and oxygen atoms in total. The van der Waals surface area contributed by atoms with Gasteiger partial charge >= 0.3 is 5.97 Å². The van der Waals surface area contributed by atoms with E-state index in [0.29, 0.717) is 19.4 Å². The highest BCUT2D eigenvalue weighted by Crippen LogP contribution is 2.20. The monoisotopic (exact) mass is 1170 g/mol. The third kappa shape index (κ3) is 69.6. The van der Waals surface area contributed by atoms with Crippen molar-refractivity contribution in [3.05, 3.63) is 12.2 Å². The van der Waals surface area contributed by atoms with Crippen LogP contribution in [0.25, 0.3) is 0 Å². The number of ether oxygens (including phenoxy) is 1. The van der Waals surface area contributed by atoms with Gasteiger partial charge in [0.1, 0.15) is 0 Å². The van der Waals surface area contributed by atoms with Gasteiger partial charge in [0.2, 0.25) is 5.91 Å². The Morgan fingerprint density at radius 2 is 0.554 bits per heavy atom. The molecule has 0 aromatic carbocycles. The molecule has 0 radical (unpaired) electrons. The van der Waals surface area contributed by atoms with Gasteiger partial charge < -0.3 is 20.3 Å². The second-order valence-corrected chi connectivity index (χ2v) is 26.7. The summed E-state index contributed by atoms with van der Waals surface area (Å²) < 4.78 is 5.52. The Bertz CT molecular complexity index is 1260. The first-order chi connectivity index (χ1) is 41.0. The van der Waals surface area contributed by atoms with E-state index in [1.54, 1.807) is 6.08 Å². The van der Waals surface area contributed by atoms with Crippen molar-refractivity contribution in [3.8, 4) is 0 Å². The van der Waals surface area contributed by atoms with E-state index in [1.807, 2.05) is 6.08 Å². The van der Waals surface area contributed by atoms with Crippen LogP contribution in [0.2, 0.25) is 0 Å². The smallest absolute Gasteiger partial charge is 0.305 e. The van der Waals surface area contributed by atoms with E-state index in [-0.39, 0.29) is 18.5 Å². The largest absolute Gasteiger partial charge is 0.466 e. The summed E-state index contributed by atoms with van der Waals surface area (Å²) in [6.45, 7) is 4.97. The number of unbranched alkanes of at least 4 members (excludes halogenated alkanes) is 62. The number of esters is 1. The van der Waals surface area contributed by atoms with Crippen molar-refractivity contribution >= 4 is 11.9 Å². The van der Waals surface area contributed by atoms with Crippen LogP contribution in [0.5, 0.6) is 0 Å². The van der Waals surface area contributed by atoms with Crippen LogP contribution in [0, 0.1) is 0 Å². The van der Waals surface area contributed by atoms with E-state index in [1.165, 1.54) is 379 Å². The first-order valence-corrected chi connectivity index (χ1v) is 38.5. The van der Waals surface area contributed by atoms with Gasteiger partial charge in [-0.2, -0.15) is 0 Å². The lowest BCUT2D eigenvalue weighted by atomic mass is 10.0. The van der Waals surface area contributed by atoms with Gasteiger partial charge in [-0.15, -0.1) is 0 Å². The number of hydrogen-bond donors (Lipinski definition) is 3. The molecular formula is C77H151NO5. The van der Waals surface area contributed by atoms with E-state index in [4.69, 9.17) is 4.74 Å². The van der Waals surface area contributed by atoms with Crippen LogP contribution in [-0.4, -0.2) is 47.4 Å². The number of nitrogens with one attached hydrogen (secondary N) is 1. The Balaban J connectivity index is 3.36. The van der Waals surface area contributed by atoms with Gasteiger partial charge in [-0.25, -0.2) is 0 Å². The number of aliphatic hydroxyl groups excluding tert-OH is 2. The lowest BCUT2D eigenvalue weighted by molar-refractivity contribution is -0.143. The maximum atomic E-state index is 12.5. The summed E-state index contributed by atoms with van der Waals surface area (Å²) in [5, 5.41) is 23.3. The molecule has 1 amide bonds. The van der Waals surface area contributed by atoms with Crippen LogP contribution >= 0.6 is 0 Å². The molecule has 0 spiro atoms. The third-order valence-electron chi connectivity index (χ3n) is 18.3.